The molecule has 3 rings (SSSR count). The van der Waals surface area contributed by atoms with Crippen molar-refractivity contribution < 1.29 is 9.59 Å². The quantitative estimate of drug-likeness (QED) is 0.851. The molecule has 6 heteroatoms. The van der Waals surface area contributed by atoms with Gasteiger partial charge in [0, 0.05) is 31.6 Å². The van der Waals surface area contributed by atoms with E-state index in [-0.39, 0.29) is 23.8 Å². The van der Waals surface area contributed by atoms with Gasteiger partial charge >= 0.3 is 0 Å². The molecule has 27 heavy (non-hydrogen) atoms. The van der Waals surface area contributed by atoms with E-state index in [1.54, 1.807) is 16.6 Å². The second-order valence-corrected chi connectivity index (χ2v) is 8.11. The first-order chi connectivity index (χ1) is 12.8. The van der Waals surface area contributed by atoms with E-state index in [2.05, 4.69) is 10.4 Å². The predicted molar refractivity (Wildman–Crippen MR) is 106 cm³/mol. The standard InChI is InChI=1S/C21H28N4O2/c1-21(2,3)25-18(14-17(23-25)15-10-11-15)20(27)22-13-12-19(26)24(4)16-8-6-5-7-9-16/h5-9,14-15H,10-13H2,1-4H3,(H,22,27). The average Bonchev–Trinajstić information content (AvgIpc) is 3.38. The first kappa shape index (κ1) is 19.1. The van der Waals surface area contributed by atoms with Crippen LogP contribution < -0.4 is 10.2 Å². The van der Waals surface area contributed by atoms with Crippen LogP contribution in [0.4, 0.5) is 5.69 Å². The van der Waals surface area contributed by atoms with E-state index in [0.29, 0.717) is 18.2 Å². The summed E-state index contributed by atoms with van der Waals surface area (Å²) in [5.74, 6) is 0.269. The number of amides is 2. The summed E-state index contributed by atoms with van der Waals surface area (Å²) in [4.78, 5) is 26.6. The molecule has 1 aromatic carbocycles. The van der Waals surface area contributed by atoms with Crippen LogP contribution in [0.25, 0.3) is 0 Å². The summed E-state index contributed by atoms with van der Waals surface area (Å²) >= 11 is 0. The number of hydrogen-bond acceptors (Lipinski definition) is 3. The van der Waals surface area contributed by atoms with E-state index in [4.69, 9.17) is 0 Å². The zero-order valence-corrected chi connectivity index (χ0v) is 16.5. The molecule has 1 aliphatic carbocycles. The highest BCUT2D eigenvalue weighted by Crippen LogP contribution is 2.40. The van der Waals surface area contributed by atoms with Gasteiger partial charge < -0.3 is 10.2 Å². The summed E-state index contributed by atoms with van der Waals surface area (Å²) in [6, 6.07) is 11.4. The van der Waals surface area contributed by atoms with Crippen molar-refractivity contribution in [1.29, 1.82) is 0 Å². The second-order valence-electron chi connectivity index (χ2n) is 8.11. The lowest BCUT2D eigenvalue weighted by Crippen LogP contribution is -2.35. The largest absolute Gasteiger partial charge is 0.350 e. The minimum absolute atomic E-state index is 0.0375. The maximum atomic E-state index is 12.7. The van der Waals surface area contributed by atoms with Crippen LogP contribution in [0.2, 0.25) is 0 Å². The molecule has 0 unspecified atom stereocenters. The van der Waals surface area contributed by atoms with Gasteiger partial charge in [0.05, 0.1) is 11.2 Å². The molecule has 1 saturated carbocycles. The van der Waals surface area contributed by atoms with Gasteiger partial charge in [0.15, 0.2) is 0 Å². The SMILES string of the molecule is CN(C(=O)CCNC(=O)c1cc(C2CC2)nn1C(C)(C)C)c1ccccc1. The molecule has 1 aliphatic rings. The van der Waals surface area contributed by atoms with E-state index in [1.807, 2.05) is 57.2 Å². The van der Waals surface area contributed by atoms with Crippen molar-refractivity contribution >= 4 is 17.5 Å². The van der Waals surface area contributed by atoms with Gasteiger partial charge in [0.25, 0.3) is 5.91 Å². The Balaban J connectivity index is 1.60. The third kappa shape index (κ3) is 4.56. The van der Waals surface area contributed by atoms with Crippen molar-refractivity contribution in [3.05, 3.63) is 47.8 Å². The number of carbonyl (C=O) groups is 2. The van der Waals surface area contributed by atoms with Crippen molar-refractivity contribution in [2.24, 2.45) is 0 Å². The lowest BCUT2D eigenvalue weighted by atomic mass is 10.1. The lowest BCUT2D eigenvalue weighted by Gasteiger charge is -2.22. The maximum Gasteiger partial charge on any atom is 0.269 e. The van der Waals surface area contributed by atoms with Gasteiger partial charge in [-0.1, -0.05) is 18.2 Å². The molecule has 0 bridgehead atoms. The van der Waals surface area contributed by atoms with Gasteiger partial charge in [-0.15, -0.1) is 0 Å². The van der Waals surface area contributed by atoms with Crippen LogP contribution in [0, 0.1) is 0 Å². The first-order valence-electron chi connectivity index (χ1n) is 9.47. The number of benzene rings is 1. The lowest BCUT2D eigenvalue weighted by molar-refractivity contribution is -0.118. The molecule has 0 spiro atoms. The number of nitrogens with one attached hydrogen (secondary N) is 1. The zero-order chi connectivity index (χ0) is 19.6. The molecule has 144 valence electrons. The first-order valence-corrected chi connectivity index (χ1v) is 9.47. The van der Waals surface area contributed by atoms with Crippen LogP contribution in [0.5, 0.6) is 0 Å². The molecule has 0 saturated heterocycles. The molecular weight excluding hydrogens is 340 g/mol. The maximum absolute atomic E-state index is 12.7. The smallest absolute Gasteiger partial charge is 0.269 e. The number of anilines is 1. The van der Waals surface area contributed by atoms with E-state index >= 15 is 0 Å². The number of carbonyl (C=O) groups excluding carboxylic acids is 2. The van der Waals surface area contributed by atoms with Crippen molar-refractivity contribution in [2.45, 2.75) is 51.5 Å². The van der Waals surface area contributed by atoms with Gasteiger partial charge in [0.1, 0.15) is 5.69 Å². The molecule has 1 fully saturated rings. The van der Waals surface area contributed by atoms with Gasteiger partial charge in [-0.2, -0.15) is 5.10 Å². The Morgan fingerprint density at radius 1 is 1.22 bits per heavy atom. The summed E-state index contributed by atoms with van der Waals surface area (Å²) in [5.41, 5.74) is 2.13. The fraction of sp³-hybridized carbons (Fsp3) is 0.476. The topological polar surface area (TPSA) is 67.2 Å². The summed E-state index contributed by atoms with van der Waals surface area (Å²) in [6.45, 7) is 6.40. The molecule has 1 aromatic heterocycles. The monoisotopic (exact) mass is 368 g/mol. The Hall–Kier alpha value is -2.63. The molecule has 0 aliphatic heterocycles. The summed E-state index contributed by atoms with van der Waals surface area (Å²) in [7, 11) is 1.75. The van der Waals surface area contributed by atoms with E-state index < -0.39 is 0 Å². The van der Waals surface area contributed by atoms with E-state index in [9.17, 15) is 9.59 Å². The predicted octanol–water partition coefficient (Wildman–Crippen LogP) is 3.30. The molecule has 2 amide bonds. The number of nitrogens with zero attached hydrogens (tertiary/aromatic N) is 3. The van der Waals surface area contributed by atoms with Crippen LogP contribution in [0.3, 0.4) is 0 Å². The number of hydrogen-bond donors (Lipinski definition) is 1. The Bertz CT molecular complexity index is 816. The highest BCUT2D eigenvalue weighted by atomic mass is 16.2. The van der Waals surface area contributed by atoms with Gasteiger partial charge in [-0.3, -0.25) is 14.3 Å². The summed E-state index contributed by atoms with van der Waals surface area (Å²) in [6.07, 6.45) is 2.53. The van der Waals surface area contributed by atoms with E-state index in [1.165, 1.54) is 0 Å². The van der Waals surface area contributed by atoms with Crippen molar-refractivity contribution in [3.8, 4) is 0 Å². The fourth-order valence-corrected chi connectivity index (χ4v) is 2.99. The zero-order valence-electron chi connectivity index (χ0n) is 16.5. The van der Waals surface area contributed by atoms with Gasteiger partial charge in [0.2, 0.25) is 5.91 Å². The van der Waals surface area contributed by atoms with Crippen LogP contribution in [-0.2, 0) is 10.3 Å². The fourth-order valence-electron chi connectivity index (χ4n) is 2.99. The molecule has 0 radical (unpaired) electrons. The van der Waals surface area contributed by atoms with Crippen LogP contribution in [0.1, 0.15) is 62.1 Å². The second kappa shape index (κ2) is 7.55. The molecule has 1 N–H and O–H groups in total. The Morgan fingerprint density at radius 3 is 2.48 bits per heavy atom. The van der Waals surface area contributed by atoms with Crippen LogP contribution in [0.15, 0.2) is 36.4 Å². The molecule has 1 heterocycles. The van der Waals surface area contributed by atoms with E-state index in [0.717, 1.165) is 24.2 Å². The molecular formula is C21H28N4O2. The molecule has 0 atom stereocenters. The third-order valence-corrected chi connectivity index (χ3v) is 4.73. The van der Waals surface area contributed by atoms with Crippen molar-refractivity contribution in [3.63, 3.8) is 0 Å². The normalized spacial score (nSPS) is 14.1. The number of para-hydroxylation sites is 1. The van der Waals surface area contributed by atoms with Crippen LogP contribution >= 0.6 is 0 Å². The van der Waals surface area contributed by atoms with Crippen molar-refractivity contribution in [2.75, 3.05) is 18.5 Å². The Kier molecular flexibility index (Phi) is 5.35. The molecule has 2 aromatic rings. The van der Waals surface area contributed by atoms with Gasteiger partial charge in [-0.05, 0) is 51.8 Å². The Labute approximate surface area is 160 Å². The van der Waals surface area contributed by atoms with Gasteiger partial charge in [-0.25, -0.2) is 0 Å². The number of rotatable bonds is 6. The summed E-state index contributed by atoms with van der Waals surface area (Å²) in [5, 5.41) is 7.53. The Morgan fingerprint density at radius 2 is 1.89 bits per heavy atom. The minimum Gasteiger partial charge on any atom is -0.350 e. The summed E-state index contributed by atoms with van der Waals surface area (Å²) < 4.78 is 1.80. The van der Waals surface area contributed by atoms with Crippen LogP contribution in [-0.4, -0.2) is 35.2 Å². The highest BCUT2D eigenvalue weighted by Gasteiger charge is 2.31. The molecule has 6 nitrogen and oxygen atoms in total. The number of aromatic nitrogens is 2. The average molecular weight is 368 g/mol. The highest BCUT2D eigenvalue weighted by molar-refractivity contribution is 5.95. The minimum atomic E-state index is -0.275. The third-order valence-electron chi connectivity index (χ3n) is 4.73. The van der Waals surface area contributed by atoms with Crippen molar-refractivity contribution in [1.82, 2.24) is 15.1 Å².